The zero-order valence-electron chi connectivity index (χ0n) is 13.7. The second-order valence-corrected chi connectivity index (χ2v) is 7.68. The standard InChI is InChI=1S/C16H21N3O4S/c1-3-19-12(2)16(9-17-19)24(21,22)18-10-14(20)15(11-18)23-13-7-5-4-6-8-13/h4-9,14-15,20H,3,10-11H2,1-2H3/t14-,15-/m1/s1. The molecule has 0 amide bonds. The maximum absolute atomic E-state index is 12.8. The number of β-amino-alcohol motifs (C(OH)–C–C–N with tert-alkyl or cyclic N) is 1. The number of ether oxygens (including phenoxy) is 1. The minimum absolute atomic E-state index is 0.0105. The van der Waals surface area contributed by atoms with Crippen molar-refractivity contribution < 1.29 is 18.3 Å². The predicted molar refractivity (Wildman–Crippen MR) is 88.3 cm³/mol. The van der Waals surface area contributed by atoms with Crippen LogP contribution in [0.4, 0.5) is 0 Å². The first-order chi connectivity index (χ1) is 11.4. The third-order valence-corrected chi connectivity index (χ3v) is 6.14. The topological polar surface area (TPSA) is 84.7 Å². The highest BCUT2D eigenvalue weighted by Crippen LogP contribution is 2.26. The number of para-hydroxylation sites is 1. The zero-order chi connectivity index (χ0) is 17.3. The van der Waals surface area contributed by atoms with E-state index in [9.17, 15) is 13.5 Å². The van der Waals surface area contributed by atoms with Crippen LogP contribution in [-0.4, -0.2) is 52.9 Å². The number of aromatic nitrogens is 2. The van der Waals surface area contributed by atoms with Gasteiger partial charge >= 0.3 is 0 Å². The quantitative estimate of drug-likeness (QED) is 0.869. The number of aliphatic hydroxyl groups is 1. The minimum Gasteiger partial charge on any atom is -0.486 e. The minimum atomic E-state index is -3.71. The van der Waals surface area contributed by atoms with Crippen molar-refractivity contribution in [1.29, 1.82) is 0 Å². The summed E-state index contributed by atoms with van der Waals surface area (Å²) in [6, 6.07) is 9.07. The Kier molecular flexibility index (Phi) is 4.62. The van der Waals surface area contributed by atoms with E-state index in [1.54, 1.807) is 23.7 Å². The van der Waals surface area contributed by atoms with Crippen LogP contribution in [0.15, 0.2) is 41.4 Å². The second-order valence-electron chi connectivity index (χ2n) is 5.77. The molecule has 1 aliphatic rings. The van der Waals surface area contributed by atoms with Gasteiger partial charge in [-0.3, -0.25) is 4.68 Å². The van der Waals surface area contributed by atoms with Gasteiger partial charge in [-0.05, 0) is 26.0 Å². The number of hydrogen-bond acceptors (Lipinski definition) is 5. The first-order valence-corrected chi connectivity index (χ1v) is 9.29. The van der Waals surface area contributed by atoms with Crippen LogP contribution in [0, 0.1) is 6.92 Å². The normalized spacial score (nSPS) is 22.0. The Morgan fingerprint density at radius 1 is 1.29 bits per heavy atom. The van der Waals surface area contributed by atoms with Crippen molar-refractivity contribution in [3.63, 3.8) is 0 Å². The number of aliphatic hydroxyl groups excluding tert-OH is 1. The summed E-state index contributed by atoms with van der Waals surface area (Å²) in [5.74, 6) is 0.607. The average molecular weight is 351 g/mol. The summed E-state index contributed by atoms with van der Waals surface area (Å²) in [5, 5.41) is 14.3. The van der Waals surface area contributed by atoms with Crippen molar-refractivity contribution in [2.24, 2.45) is 0 Å². The van der Waals surface area contributed by atoms with Crippen LogP contribution in [0.5, 0.6) is 5.75 Å². The van der Waals surface area contributed by atoms with Gasteiger partial charge in [0, 0.05) is 13.1 Å². The maximum Gasteiger partial charge on any atom is 0.246 e. The zero-order valence-corrected chi connectivity index (χ0v) is 14.5. The summed E-state index contributed by atoms with van der Waals surface area (Å²) in [7, 11) is -3.71. The summed E-state index contributed by atoms with van der Waals surface area (Å²) in [5.41, 5.74) is 0.597. The lowest BCUT2D eigenvalue weighted by Gasteiger charge is -2.17. The van der Waals surface area contributed by atoms with Crippen molar-refractivity contribution in [2.75, 3.05) is 13.1 Å². The van der Waals surface area contributed by atoms with Crippen molar-refractivity contribution in [3.8, 4) is 5.75 Å². The van der Waals surface area contributed by atoms with Gasteiger partial charge < -0.3 is 9.84 Å². The fourth-order valence-corrected chi connectivity index (χ4v) is 4.48. The van der Waals surface area contributed by atoms with E-state index in [0.717, 1.165) is 0 Å². The van der Waals surface area contributed by atoms with Crippen LogP contribution in [0.25, 0.3) is 0 Å². The van der Waals surface area contributed by atoms with Crippen molar-refractivity contribution in [3.05, 3.63) is 42.2 Å². The molecule has 0 aliphatic carbocycles. The summed E-state index contributed by atoms with van der Waals surface area (Å²) >= 11 is 0. The molecule has 2 atom stereocenters. The molecule has 3 rings (SSSR count). The Balaban J connectivity index is 1.79. The fraction of sp³-hybridized carbons (Fsp3) is 0.438. The molecule has 1 fully saturated rings. The molecule has 0 unspecified atom stereocenters. The lowest BCUT2D eigenvalue weighted by Crippen LogP contribution is -2.31. The molecule has 2 heterocycles. The Bertz CT molecular complexity index is 804. The number of nitrogens with zero attached hydrogens (tertiary/aromatic N) is 3. The molecule has 7 nitrogen and oxygen atoms in total. The summed E-state index contributed by atoms with van der Waals surface area (Å²) in [6.07, 6.45) is -0.100. The molecule has 0 radical (unpaired) electrons. The average Bonchev–Trinajstić information content (AvgIpc) is 3.12. The van der Waals surface area contributed by atoms with Crippen molar-refractivity contribution in [1.82, 2.24) is 14.1 Å². The van der Waals surface area contributed by atoms with Gasteiger partial charge in [0.2, 0.25) is 10.0 Å². The molecule has 1 N–H and O–H groups in total. The van der Waals surface area contributed by atoms with E-state index in [0.29, 0.717) is 18.0 Å². The third kappa shape index (κ3) is 3.04. The van der Waals surface area contributed by atoms with Crippen molar-refractivity contribution >= 4 is 10.0 Å². The second kappa shape index (κ2) is 6.54. The number of aryl methyl sites for hydroxylation is 1. The Labute approximate surface area is 141 Å². The maximum atomic E-state index is 12.8. The molecule has 0 saturated carbocycles. The van der Waals surface area contributed by atoms with Gasteiger partial charge in [-0.15, -0.1) is 0 Å². The largest absolute Gasteiger partial charge is 0.486 e. The van der Waals surface area contributed by atoms with Crippen LogP contribution < -0.4 is 4.74 Å². The van der Waals surface area contributed by atoms with Crippen LogP contribution in [0.3, 0.4) is 0 Å². The molecule has 130 valence electrons. The van der Waals surface area contributed by atoms with Crippen LogP contribution in [0.1, 0.15) is 12.6 Å². The van der Waals surface area contributed by atoms with E-state index >= 15 is 0 Å². The third-order valence-electron chi connectivity index (χ3n) is 4.21. The van der Waals surface area contributed by atoms with Gasteiger partial charge in [0.15, 0.2) is 0 Å². The monoisotopic (exact) mass is 351 g/mol. The van der Waals surface area contributed by atoms with E-state index in [1.807, 2.05) is 25.1 Å². The Morgan fingerprint density at radius 3 is 2.62 bits per heavy atom. The molecule has 2 aromatic rings. The van der Waals surface area contributed by atoms with E-state index in [2.05, 4.69) is 5.10 Å². The van der Waals surface area contributed by atoms with Gasteiger partial charge in [0.05, 0.1) is 18.4 Å². The first kappa shape index (κ1) is 16.9. The molecular formula is C16H21N3O4S. The molecule has 0 spiro atoms. The molecule has 24 heavy (non-hydrogen) atoms. The number of rotatable bonds is 5. The molecular weight excluding hydrogens is 330 g/mol. The van der Waals surface area contributed by atoms with E-state index in [-0.39, 0.29) is 18.0 Å². The molecule has 8 heteroatoms. The van der Waals surface area contributed by atoms with E-state index in [1.165, 1.54) is 10.5 Å². The Morgan fingerprint density at radius 2 is 2.00 bits per heavy atom. The lowest BCUT2D eigenvalue weighted by molar-refractivity contribution is 0.0737. The predicted octanol–water partition coefficient (Wildman–Crippen LogP) is 1.02. The van der Waals surface area contributed by atoms with Gasteiger partial charge in [0.1, 0.15) is 22.9 Å². The van der Waals surface area contributed by atoms with E-state index < -0.39 is 22.2 Å². The Hall–Kier alpha value is -1.90. The van der Waals surface area contributed by atoms with Crippen LogP contribution >= 0.6 is 0 Å². The van der Waals surface area contributed by atoms with Gasteiger partial charge in [-0.1, -0.05) is 18.2 Å². The lowest BCUT2D eigenvalue weighted by atomic mass is 10.2. The van der Waals surface area contributed by atoms with E-state index in [4.69, 9.17) is 4.74 Å². The first-order valence-electron chi connectivity index (χ1n) is 7.85. The highest BCUT2D eigenvalue weighted by Gasteiger charge is 2.41. The van der Waals surface area contributed by atoms with Crippen molar-refractivity contribution in [2.45, 2.75) is 37.5 Å². The molecule has 1 aromatic heterocycles. The highest BCUT2D eigenvalue weighted by molar-refractivity contribution is 7.89. The van der Waals surface area contributed by atoms with Crippen LogP contribution in [0.2, 0.25) is 0 Å². The molecule has 1 saturated heterocycles. The molecule has 1 aliphatic heterocycles. The number of sulfonamides is 1. The SMILES string of the molecule is CCn1ncc(S(=O)(=O)N2C[C@@H](O)[C@H](Oc3ccccc3)C2)c1C. The van der Waals surface area contributed by atoms with Gasteiger partial charge in [-0.2, -0.15) is 9.40 Å². The van der Waals surface area contributed by atoms with Gasteiger partial charge in [-0.25, -0.2) is 8.42 Å². The van der Waals surface area contributed by atoms with Crippen LogP contribution in [-0.2, 0) is 16.6 Å². The fourth-order valence-electron chi connectivity index (χ4n) is 2.85. The number of benzene rings is 1. The molecule has 1 aromatic carbocycles. The summed E-state index contributed by atoms with van der Waals surface area (Å²) in [4.78, 5) is 0.178. The van der Waals surface area contributed by atoms with Gasteiger partial charge in [0.25, 0.3) is 0 Å². The summed E-state index contributed by atoms with van der Waals surface area (Å²) in [6.45, 7) is 4.35. The summed E-state index contributed by atoms with van der Waals surface area (Å²) < 4.78 is 34.3. The molecule has 0 bridgehead atoms. The smallest absolute Gasteiger partial charge is 0.246 e. The highest BCUT2D eigenvalue weighted by atomic mass is 32.2. The number of hydrogen-bond donors (Lipinski definition) is 1.